The minimum Gasteiger partial charge on any atom is -0.272 e. The van der Waals surface area contributed by atoms with E-state index in [-0.39, 0.29) is 18.0 Å². The third kappa shape index (κ3) is 2.93. The first-order valence-corrected chi connectivity index (χ1v) is 7.25. The molecule has 1 amide bonds. The van der Waals surface area contributed by atoms with E-state index in [0.717, 1.165) is 5.56 Å². The summed E-state index contributed by atoms with van der Waals surface area (Å²) in [4.78, 5) is 22.5. The molecule has 0 unspecified atom stereocenters. The Labute approximate surface area is 137 Å². The van der Waals surface area contributed by atoms with Gasteiger partial charge in [0.25, 0.3) is 11.6 Å². The Balaban J connectivity index is 1.93. The zero-order chi connectivity index (χ0) is 16.6. The van der Waals surface area contributed by atoms with Crippen molar-refractivity contribution in [1.82, 2.24) is 0 Å². The predicted octanol–water partition coefficient (Wildman–Crippen LogP) is 3.70. The van der Waals surface area contributed by atoms with Gasteiger partial charge >= 0.3 is 0 Å². The molecule has 1 aliphatic rings. The van der Waals surface area contributed by atoms with E-state index in [4.69, 9.17) is 11.6 Å². The summed E-state index contributed by atoms with van der Waals surface area (Å²) in [5.41, 5.74) is 2.80. The van der Waals surface area contributed by atoms with Crippen LogP contribution in [0.25, 0.3) is 0 Å². The summed E-state index contributed by atoms with van der Waals surface area (Å²) in [6.45, 7) is 1.86. The standard InChI is InChI=1S/C16H12ClN3O3/c1-10-8-12(17)4-7-15(10)19-16(21)9-14(18-19)11-2-5-13(6-3-11)20(22)23/h2-8H,9H2,1H3. The molecule has 3 rings (SSSR count). The normalized spacial score (nSPS) is 14.1. The molecule has 2 aromatic carbocycles. The Kier molecular flexibility index (Phi) is 3.83. The third-order valence-electron chi connectivity index (χ3n) is 3.57. The van der Waals surface area contributed by atoms with Crippen LogP contribution >= 0.6 is 11.6 Å². The van der Waals surface area contributed by atoms with Gasteiger partial charge in [-0.2, -0.15) is 10.1 Å². The molecule has 0 bridgehead atoms. The molecule has 6 nitrogen and oxygen atoms in total. The summed E-state index contributed by atoms with van der Waals surface area (Å²) in [5, 5.41) is 17.0. The second-order valence-corrected chi connectivity index (χ2v) is 5.60. The van der Waals surface area contributed by atoms with E-state index < -0.39 is 4.92 Å². The molecule has 23 heavy (non-hydrogen) atoms. The van der Waals surface area contributed by atoms with Gasteiger partial charge < -0.3 is 0 Å². The lowest BCUT2D eigenvalue weighted by atomic mass is 10.1. The Morgan fingerprint density at radius 3 is 2.52 bits per heavy atom. The maximum atomic E-state index is 12.2. The molecule has 0 radical (unpaired) electrons. The van der Waals surface area contributed by atoms with E-state index in [1.807, 2.05) is 6.92 Å². The van der Waals surface area contributed by atoms with E-state index in [9.17, 15) is 14.9 Å². The third-order valence-corrected chi connectivity index (χ3v) is 3.81. The number of hydrogen-bond donors (Lipinski definition) is 0. The van der Waals surface area contributed by atoms with Crippen molar-refractivity contribution >= 4 is 34.6 Å². The van der Waals surface area contributed by atoms with Gasteiger partial charge in [-0.3, -0.25) is 14.9 Å². The number of aryl methyl sites for hydroxylation is 1. The first kappa shape index (κ1) is 15.2. The zero-order valence-electron chi connectivity index (χ0n) is 12.2. The van der Waals surface area contributed by atoms with Gasteiger partial charge in [0.1, 0.15) is 0 Å². The highest BCUT2D eigenvalue weighted by Crippen LogP contribution is 2.28. The Bertz CT molecular complexity index is 831. The van der Waals surface area contributed by atoms with Crippen molar-refractivity contribution in [2.75, 3.05) is 5.01 Å². The van der Waals surface area contributed by atoms with E-state index in [1.165, 1.54) is 17.1 Å². The van der Waals surface area contributed by atoms with Crippen LogP contribution in [0.15, 0.2) is 47.6 Å². The maximum absolute atomic E-state index is 12.2. The smallest absolute Gasteiger partial charge is 0.269 e. The molecule has 1 heterocycles. The number of nitro benzene ring substituents is 1. The molecule has 116 valence electrons. The molecule has 0 saturated carbocycles. The molecule has 0 aliphatic carbocycles. The Morgan fingerprint density at radius 2 is 1.91 bits per heavy atom. The number of benzene rings is 2. The Hall–Kier alpha value is -2.73. The van der Waals surface area contributed by atoms with Crippen LogP contribution in [0.2, 0.25) is 5.02 Å². The fraction of sp³-hybridized carbons (Fsp3) is 0.125. The first-order valence-electron chi connectivity index (χ1n) is 6.87. The van der Waals surface area contributed by atoms with Crippen LogP contribution in [0.5, 0.6) is 0 Å². The van der Waals surface area contributed by atoms with Gasteiger partial charge in [-0.1, -0.05) is 11.6 Å². The first-order chi connectivity index (χ1) is 11.0. The lowest BCUT2D eigenvalue weighted by Crippen LogP contribution is -2.20. The number of non-ortho nitro benzene ring substituents is 1. The molecule has 0 spiro atoms. The highest BCUT2D eigenvalue weighted by Gasteiger charge is 2.27. The molecule has 0 fully saturated rings. The molecule has 0 aromatic heterocycles. The van der Waals surface area contributed by atoms with Crippen molar-refractivity contribution in [2.24, 2.45) is 5.10 Å². The van der Waals surface area contributed by atoms with Gasteiger partial charge in [-0.25, -0.2) is 0 Å². The molecule has 0 saturated heterocycles. The van der Waals surface area contributed by atoms with E-state index in [2.05, 4.69) is 5.10 Å². The number of halogens is 1. The average Bonchev–Trinajstić information content (AvgIpc) is 2.89. The zero-order valence-corrected chi connectivity index (χ0v) is 12.9. The highest BCUT2D eigenvalue weighted by molar-refractivity contribution is 6.30. The van der Waals surface area contributed by atoms with Crippen molar-refractivity contribution in [1.29, 1.82) is 0 Å². The van der Waals surface area contributed by atoms with Crippen molar-refractivity contribution in [3.05, 3.63) is 68.7 Å². The van der Waals surface area contributed by atoms with Crippen LogP contribution in [0.3, 0.4) is 0 Å². The number of carbonyl (C=O) groups is 1. The molecule has 0 atom stereocenters. The quantitative estimate of drug-likeness (QED) is 0.636. The number of nitro groups is 1. The van der Waals surface area contributed by atoms with Crippen LogP contribution < -0.4 is 5.01 Å². The SMILES string of the molecule is Cc1cc(Cl)ccc1N1N=C(c2ccc([N+](=O)[O-])cc2)CC1=O. The minimum atomic E-state index is -0.464. The number of hydrazone groups is 1. The van der Waals surface area contributed by atoms with Crippen molar-refractivity contribution in [3.63, 3.8) is 0 Å². The molecule has 2 aromatic rings. The fourth-order valence-electron chi connectivity index (χ4n) is 2.41. The van der Waals surface area contributed by atoms with Crippen LogP contribution in [0, 0.1) is 17.0 Å². The van der Waals surface area contributed by atoms with Crippen LogP contribution in [-0.4, -0.2) is 16.5 Å². The van der Waals surface area contributed by atoms with Crippen molar-refractivity contribution < 1.29 is 9.72 Å². The van der Waals surface area contributed by atoms with Crippen molar-refractivity contribution in [2.45, 2.75) is 13.3 Å². The summed E-state index contributed by atoms with van der Waals surface area (Å²) in [6.07, 6.45) is 0.153. The van der Waals surface area contributed by atoms with Gasteiger partial charge in [0.2, 0.25) is 0 Å². The molecule has 0 N–H and O–H groups in total. The van der Waals surface area contributed by atoms with Gasteiger partial charge in [-0.15, -0.1) is 0 Å². The summed E-state index contributed by atoms with van der Waals surface area (Å²) in [5.74, 6) is -0.149. The van der Waals surface area contributed by atoms with Gasteiger partial charge in [0, 0.05) is 17.2 Å². The second kappa shape index (κ2) is 5.81. The largest absolute Gasteiger partial charge is 0.272 e. The van der Waals surface area contributed by atoms with Gasteiger partial charge in [-0.05, 0) is 48.4 Å². The fourth-order valence-corrected chi connectivity index (χ4v) is 2.64. The number of amides is 1. The average molecular weight is 330 g/mol. The number of carbonyl (C=O) groups excluding carboxylic acids is 1. The van der Waals surface area contributed by atoms with Crippen LogP contribution in [-0.2, 0) is 4.79 Å². The van der Waals surface area contributed by atoms with E-state index in [1.54, 1.807) is 30.3 Å². The van der Waals surface area contributed by atoms with E-state index >= 15 is 0 Å². The number of rotatable bonds is 3. The van der Waals surface area contributed by atoms with Crippen molar-refractivity contribution in [3.8, 4) is 0 Å². The molecular formula is C16H12ClN3O3. The summed E-state index contributed by atoms with van der Waals surface area (Å²) >= 11 is 5.93. The molecule has 1 aliphatic heterocycles. The second-order valence-electron chi connectivity index (χ2n) is 5.16. The van der Waals surface area contributed by atoms with Crippen LogP contribution in [0.1, 0.15) is 17.5 Å². The summed E-state index contributed by atoms with van der Waals surface area (Å²) in [7, 11) is 0. The predicted molar refractivity (Wildman–Crippen MR) is 87.9 cm³/mol. The monoisotopic (exact) mass is 329 g/mol. The molecule has 7 heteroatoms. The molecular weight excluding hydrogens is 318 g/mol. The lowest BCUT2D eigenvalue weighted by Gasteiger charge is -2.14. The number of anilines is 1. The number of hydrogen-bond acceptors (Lipinski definition) is 4. The lowest BCUT2D eigenvalue weighted by molar-refractivity contribution is -0.384. The topological polar surface area (TPSA) is 75.8 Å². The minimum absolute atomic E-state index is 0.00377. The highest BCUT2D eigenvalue weighted by atomic mass is 35.5. The van der Waals surface area contributed by atoms with Gasteiger partial charge in [0.15, 0.2) is 0 Å². The summed E-state index contributed by atoms with van der Waals surface area (Å²) in [6, 6.07) is 11.2. The number of nitrogens with zero attached hydrogens (tertiary/aromatic N) is 3. The maximum Gasteiger partial charge on any atom is 0.269 e. The summed E-state index contributed by atoms with van der Waals surface area (Å²) < 4.78 is 0. The Morgan fingerprint density at radius 1 is 1.22 bits per heavy atom. The van der Waals surface area contributed by atoms with E-state index in [0.29, 0.717) is 22.0 Å². The van der Waals surface area contributed by atoms with Crippen LogP contribution in [0.4, 0.5) is 11.4 Å². The van der Waals surface area contributed by atoms with Gasteiger partial charge in [0.05, 0.1) is 22.7 Å².